The van der Waals surface area contributed by atoms with E-state index in [2.05, 4.69) is 0 Å². The van der Waals surface area contributed by atoms with Crippen molar-refractivity contribution >= 4 is 33.4 Å². The zero-order valence-corrected chi connectivity index (χ0v) is 18.8. The number of carbonyl (C=O) groups excluding carboxylic acids is 2. The summed E-state index contributed by atoms with van der Waals surface area (Å²) in [5.41, 5.74) is 0.825. The van der Waals surface area contributed by atoms with E-state index in [1.54, 1.807) is 21.9 Å². The second-order valence-electron chi connectivity index (χ2n) is 7.41. The summed E-state index contributed by atoms with van der Waals surface area (Å²) in [7, 11) is -0.885. The monoisotopic (exact) mass is 467 g/mol. The molecule has 1 fully saturated rings. The molecule has 2 aromatic rings. The zero-order chi connectivity index (χ0) is 22.8. The maximum absolute atomic E-state index is 13.0. The van der Waals surface area contributed by atoms with Crippen molar-refractivity contribution < 1.29 is 22.4 Å². The van der Waals surface area contributed by atoms with E-state index in [1.165, 1.54) is 44.4 Å². The van der Waals surface area contributed by atoms with E-state index < -0.39 is 10.0 Å². The summed E-state index contributed by atoms with van der Waals surface area (Å²) in [6, 6.07) is 9.81. The Morgan fingerprint density at radius 3 is 2.16 bits per heavy atom. The van der Waals surface area contributed by atoms with Gasteiger partial charge in [-0.15, -0.1) is 0 Å². The Morgan fingerprint density at radius 1 is 1.00 bits per heavy atom. The van der Waals surface area contributed by atoms with Crippen molar-refractivity contribution in [3.63, 3.8) is 0 Å². The van der Waals surface area contributed by atoms with E-state index in [1.807, 2.05) is 0 Å². The van der Waals surface area contributed by atoms with Gasteiger partial charge in [0, 0.05) is 40.3 Å². The second kappa shape index (κ2) is 9.33. The summed E-state index contributed by atoms with van der Waals surface area (Å²) in [6.07, 6.45) is 0.157. The van der Waals surface area contributed by atoms with Crippen LogP contribution in [0.1, 0.15) is 15.9 Å². The molecule has 0 radical (unpaired) electrons. The average molecular weight is 468 g/mol. The Bertz CT molecular complexity index is 1080. The van der Waals surface area contributed by atoms with Gasteiger partial charge in [-0.3, -0.25) is 9.59 Å². The number of rotatable bonds is 5. The largest absolute Gasteiger partial charge is 0.339 e. The molecular weight excluding hydrogens is 445 g/mol. The van der Waals surface area contributed by atoms with E-state index in [-0.39, 0.29) is 39.5 Å². The zero-order valence-electron chi connectivity index (χ0n) is 17.2. The first-order chi connectivity index (χ1) is 14.6. The molecule has 0 spiro atoms. The van der Waals surface area contributed by atoms with Gasteiger partial charge in [0.25, 0.3) is 5.91 Å². The first kappa shape index (κ1) is 23.2. The maximum atomic E-state index is 13.0. The highest BCUT2D eigenvalue weighted by atomic mass is 35.5. The first-order valence-electron chi connectivity index (χ1n) is 9.63. The molecule has 0 bridgehead atoms. The molecule has 0 saturated carbocycles. The summed E-state index contributed by atoms with van der Waals surface area (Å²) < 4.78 is 38.8. The topological polar surface area (TPSA) is 78.0 Å². The highest BCUT2D eigenvalue weighted by Gasteiger charge is 2.27. The van der Waals surface area contributed by atoms with Crippen LogP contribution < -0.4 is 0 Å². The fourth-order valence-electron chi connectivity index (χ4n) is 3.26. The fourth-order valence-corrected chi connectivity index (χ4v) is 4.38. The van der Waals surface area contributed by atoms with Crippen LogP contribution in [-0.4, -0.2) is 74.6 Å². The fraction of sp³-hybridized carbons (Fsp3) is 0.333. The Balaban J connectivity index is 1.66. The third-order valence-electron chi connectivity index (χ3n) is 5.14. The van der Waals surface area contributed by atoms with Gasteiger partial charge in [0.1, 0.15) is 5.82 Å². The predicted octanol–water partition coefficient (Wildman–Crippen LogP) is 2.26. The van der Waals surface area contributed by atoms with Crippen LogP contribution >= 0.6 is 11.6 Å². The van der Waals surface area contributed by atoms with Crippen LogP contribution in [0.5, 0.6) is 0 Å². The van der Waals surface area contributed by atoms with Crippen LogP contribution in [0.2, 0.25) is 5.02 Å². The van der Waals surface area contributed by atoms with Gasteiger partial charge in [-0.25, -0.2) is 17.1 Å². The number of carbonyl (C=O) groups is 2. The van der Waals surface area contributed by atoms with Crippen LogP contribution in [0.25, 0.3) is 0 Å². The second-order valence-corrected chi connectivity index (χ2v) is 9.96. The van der Waals surface area contributed by atoms with Gasteiger partial charge in [-0.2, -0.15) is 0 Å². The normalized spacial score (nSPS) is 14.7. The number of amides is 2. The number of sulfonamides is 1. The van der Waals surface area contributed by atoms with Crippen LogP contribution in [-0.2, 0) is 21.2 Å². The summed E-state index contributed by atoms with van der Waals surface area (Å²) in [6.45, 7) is 1.29. The minimum Gasteiger partial charge on any atom is -0.339 e. The molecule has 2 amide bonds. The van der Waals surface area contributed by atoms with Crippen molar-refractivity contribution in [1.82, 2.24) is 14.1 Å². The SMILES string of the molecule is CN(C)S(=O)(=O)c1ccc(Cl)c(C(=O)N2CCN(C(=O)Cc3ccc(F)cc3)CC2)c1. The molecule has 10 heteroatoms. The molecule has 0 unspecified atom stereocenters. The van der Waals surface area contributed by atoms with Crippen molar-refractivity contribution in [2.24, 2.45) is 0 Å². The lowest BCUT2D eigenvalue weighted by Crippen LogP contribution is -2.51. The summed E-state index contributed by atoms with van der Waals surface area (Å²) in [5.74, 6) is -0.841. The third kappa shape index (κ3) is 5.23. The lowest BCUT2D eigenvalue weighted by Gasteiger charge is -2.35. The van der Waals surface area contributed by atoms with E-state index in [9.17, 15) is 22.4 Å². The highest BCUT2D eigenvalue weighted by molar-refractivity contribution is 7.89. The number of halogens is 2. The molecule has 1 heterocycles. The quantitative estimate of drug-likeness (QED) is 0.675. The summed E-state index contributed by atoms with van der Waals surface area (Å²) in [4.78, 5) is 28.7. The van der Waals surface area contributed by atoms with Crippen molar-refractivity contribution in [1.29, 1.82) is 0 Å². The van der Waals surface area contributed by atoms with E-state index in [0.29, 0.717) is 26.2 Å². The number of piperazine rings is 1. The van der Waals surface area contributed by atoms with Gasteiger partial charge in [-0.1, -0.05) is 23.7 Å². The molecule has 0 aliphatic carbocycles. The number of nitrogens with zero attached hydrogens (tertiary/aromatic N) is 3. The third-order valence-corrected chi connectivity index (χ3v) is 7.28. The minimum absolute atomic E-state index is 0.0154. The molecule has 1 aliphatic rings. The smallest absolute Gasteiger partial charge is 0.255 e. The molecule has 0 N–H and O–H groups in total. The van der Waals surface area contributed by atoms with Crippen molar-refractivity contribution in [3.8, 4) is 0 Å². The van der Waals surface area contributed by atoms with Crippen molar-refractivity contribution in [2.45, 2.75) is 11.3 Å². The average Bonchev–Trinajstić information content (AvgIpc) is 2.75. The predicted molar refractivity (Wildman–Crippen MR) is 115 cm³/mol. The molecular formula is C21H23ClFN3O4S. The minimum atomic E-state index is -3.71. The lowest BCUT2D eigenvalue weighted by atomic mass is 10.1. The number of hydrogen-bond donors (Lipinski definition) is 0. The van der Waals surface area contributed by atoms with E-state index >= 15 is 0 Å². The molecule has 0 aromatic heterocycles. The maximum Gasteiger partial charge on any atom is 0.255 e. The Morgan fingerprint density at radius 2 is 1.58 bits per heavy atom. The van der Waals surface area contributed by atoms with Crippen LogP contribution in [0.15, 0.2) is 47.4 Å². The lowest BCUT2D eigenvalue weighted by molar-refractivity contribution is -0.131. The Kier molecular flexibility index (Phi) is 6.98. The van der Waals surface area contributed by atoms with Gasteiger partial charge in [-0.05, 0) is 35.9 Å². The van der Waals surface area contributed by atoms with Gasteiger partial charge in [0.2, 0.25) is 15.9 Å². The Hall–Kier alpha value is -2.49. The molecule has 0 atom stereocenters. The van der Waals surface area contributed by atoms with Crippen LogP contribution in [0.4, 0.5) is 4.39 Å². The van der Waals surface area contributed by atoms with Gasteiger partial charge >= 0.3 is 0 Å². The molecule has 1 saturated heterocycles. The van der Waals surface area contributed by atoms with Gasteiger partial charge in [0.05, 0.1) is 21.9 Å². The van der Waals surface area contributed by atoms with E-state index in [4.69, 9.17) is 11.6 Å². The van der Waals surface area contributed by atoms with Crippen LogP contribution in [0, 0.1) is 5.82 Å². The van der Waals surface area contributed by atoms with Gasteiger partial charge in [0.15, 0.2) is 0 Å². The van der Waals surface area contributed by atoms with Crippen molar-refractivity contribution in [3.05, 3.63) is 64.4 Å². The molecule has 2 aromatic carbocycles. The molecule has 1 aliphatic heterocycles. The summed E-state index contributed by atoms with van der Waals surface area (Å²) >= 11 is 6.17. The number of benzene rings is 2. The standard InChI is InChI=1S/C21H23ClFN3O4S/c1-24(2)31(29,30)17-7-8-19(22)18(14-17)21(28)26-11-9-25(10-12-26)20(27)13-15-3-5-16(23)6-4-15/h3-8,14H,9-13H2,1-2H3. The molecule has 166 valence electrons. The molecule has 3 rings (SSSR count). The van der Waals surface area contributed by atoms with Gasteiger partial charge < -0.3 is 9.80 Å². The first-order valence-corrected chi connectivity index (χ1v) is 11.4. The summed E-state index contributed by atoms with van der Waals surface area (Å²) in [5, 5.41) is 0.164. The van der Waals surface area contributed by atoms with E-state index in [0.717, 1.165) is 9.87 Å². The number of hydrogen-bond acceptors (Lipinski definition) is 4. The Labute approximate surface area is 186 Å². The molecule has 7 nitrogen and oxygen atoms in total. The van der Waals surface area contributed by atoms with Crippen LogP contribution in [0.3, 0.4) is 0 Å². The molecule has 31 heavy (non-hydrogen) atoms. The highest BCUT2D eigenvalue weighted by Crippen LogP contribution is 2.24. The van der Waals surface area contributed by atoms with Crippen molar-refractivity contribution in [2.75, 3.05) is 40.3 Å².